The molecule has 47 heavy (non-hydrogen) atoms. The number of benzene rings is 2. The summed E-state index contributed by atoms with van der Waals surface area (Å²) in [6, 6.07) is 17.4. The Balaban J connectivity index is 1.42. The molecule has 252 valence electrons. The van der Waals surface area contributed by atoms with Crippen LogP contribution in [0.3, 0.4) is 0 Å². The monoisotopic (exact) mass is 654 g/mol. The molecule has 0 saturated heterocycles. The first-order valence-corrected chi connectivity index (χ1v) is 14.7. The lowest BCUT2D eigenvalue weighted by Gasteiger charge is -2.28. The smallest absolute Gasteiger partial charge is 0.407 e. The van der Waals surface area contributed by atoms with Crippen LogP contribution in [0.5, 0.6) is 11.5 Å². The second-order valence-electron chi connectivity index (χ2n) is 10.3. The molecule has 0 bridgehead atoms. The highest BCUT2D eigenvalue weighted by atomic mass is 16.7. The first-order valence-electron chi connectivity index (χ1n) is 14.7. The number of carbonyl (C=O) groups is 2. The molecule has 2 aromatic carbocycles. The molecule has 2 aromatic heterocycles. The predicted molar refractivity (Wildman–Crippen MR) is 163 cm³/mol. The molecule has 0 saturated carbocycles. The summed E-state index contributed by atoms with van der Waals surface area (Å²) in [6.45, 7) is -0.548. The van der Waals surface area contributed by atoms with Gasteiger partial charge < -0.3 is 53.2 Å². The maximum Gasteiger partial charge on any atom is 0.407 e. The van der Waals surface area contributed by atoms with Crippen LogP contribution in [0.2, 0.25) is 0 Å². The summed E-state index contributed by atoms with van der Waals surface area (Å²) < 4.78 is 41.0. The van der Waals surface area contributed by atoms with Gasteiger partial charge in [-0.25, -0.2) is 9.59 Å². The minimum absolute atomic E-state index is 0.0345. The number of ether oxygens (including phenoxy) is 6. The second kappa shape index (κ2) is 18.8. The van der Waals surface area contributed by atoms with Crippen molar-refractivity contribution >= 4 is 12.2 Å². The molecule has 0 fully saturated rings. The van der Waals surface area contributed by atoms with E-state index in [1.54, 1.807) is 0 Å². The molecular weight excluding hydrogens is 616 g/mol. The lowest BCUT2D eigenvalue weighted by Crippen LogP contribution is -2.48. The predicted octanol–water partition coefficient (Wildman–Crippen LogP) is 3.75. The molecule has 0 unspecified atom stereocenters. The Hall–Kier alpha value is -5.12. The van der Waals surface area contributed by atoms with Gasteiger partial charge in [-0.2, -0.15) is 0 Å². The molecule has 0 aliphatic rings. The first-order chi connectivity index (χ1) is 22.9. The zero-order valence-electron chi connectivity index (χ0n) is 26.0. The summed E-state index contributed by atoms with van der Waals surface area (Å²) >= 11 is 0. The minimum Gasteiger partial charge on any atom is -0.462 e. The van der Waals surface area contributed by atoms with Crippen LogP contribution in [0.15, 0.2) is 82.2 Å². The number of nitrogens with one attached hydrogen (secondary N) is 2. The molecule has 0 aliphatic carbocycles. The molecule has 4 aromatic rings. The van der Waals surface area contributed by atoms with Crippen molar-refractivity contribution in [2.45, 2.75) is 50.7 Å². The quantitative estimate of drug-likeness (QED) is 0.124. The number of hydrogen-bond acceptors (Lipinski definition) is 13. The van der Waals surface area contributed by atoms with Crippen molar-refractivity contribution in [1.82, 2.24) is 20.9 Å². The summed E-state index contributed by atoms with van der Waals surface area (Å²) in [7, 11) is 2.93. The number of carbonyl (C=O) groups excluding carboxylic acids is 2. The van der Waals surface area contributed by atoms with Crippen LogP contribution in [0.25, 0.3) is 0 Å². The number of aromatic nitrogens is 2. The highest BCUT2D eigenvalue weighted by Gasteiger charge is 2.27. The van der Waals surface area contributed by atoms with Gasteiger partial charge in [-0.05, 0) is 30.4 Å². The van der Waals surface area contributed by atoms with E-state index in [0.717, 1.165) is 11.1 Å². The summed E-state index contributed by atoms with van der Waals surface area (Å²) in [5, 5.41) is 24.7. The van der Waals surface area contributed by atoms with E-state index < -0.39 is 30.4 Å². The van der Waals surface area contributed by atoms with Crippen LogP contribution < -0.4 is 20.1 Å². The third-order valence-electron chi connectivity index (χ3n) is 6.80. The van der Waals surface area contributed by atoms with Crippen molar-refractivity contribution in [2.75, 3.05) is 27.8 Å². The van der Waals surface area contributed by atoms with Gasteiger partial charge in [0.25, 0.3) is 0 Å². The Morgan fingerprint density at radius 3 is 1.74 bits per heavy atom. The van der Waals surface area contributed by atoms with Gasteiger partial charge in [0.15, 0.2) is 49.0 Å². The van der Waals surface area contributed by atoms with Crippen molar-refractivity contribution in [3.05, 3.63) is 95.7 Å². The average Bonchev–Trinajstić information content (AvgIpc) is 3.74. The topological polar surface area (TPSA) is 186 Å². The Bertz CT molecular complexity index is 1480. The van der Waals surface area contributed by atoms with Gasteiger partial charge in [-0.15, -0.1) is 0 Å². The molecule has 2 amide bonds. The summed E-state index contributed by atoms with van der Waals surface area (Å²) in [5.74, 6) is 0.546. The maximum absolute atomic E-state index is 12.9. The Labute approximate surface area is 271 Å². The van der Waals surface area contributed by atoms with E-state index in [4.69, 9.17) is 37.5 Å². The standard InChI is InChI=1S/C32H38N4O11/c1-40-20-44-29-18-46-35-26(29)16-42-31(38)33-24(13-22-9-5-3-6-10-22)15-28(37)25(14-23-11-7-4-8-12-23)34-32(39)43-17-27-30(19-47-36-27)45-21-41-2/h3-12,18-19,24-25,28,37H,13-17,20-21H2,1-2H3,(H,33,38)(H,34,39)/t24-,25-,28-/m0/s1. The number of aliphatic hydroxyl groups is 1. The number of alkyl carbamates (subject to hydrolysis) is 2. The third-order valence-corrected chi connectivity index (χ3v) is 6.80. The van der Waals surface area contributed by atoms with Crippen LogP contribution in [0.4, 0.5) is 9.59 Å². The van der Waals surface area contributed by atoms with Crippen molar-refractivity contribution in [2.24, 2.45) is 0 Å². The first kappa shape index (κ1) is 34.7. The summed E-state index contributed by atoms with van der Waals surface area (Å²) in [5.41, 5.74) is 2.31. The number of hydrogen-bond donors (Lipinski definition) is 3. The van der Waals surface area contributed by atoms with Gasteiger partial charge in [-0.1, -0.05) is 71.0 Å². The minimum atomic E-state index is -1.12. The zero-order valence-corrected chi connectivity index (χ0v) is 26.0. The molecule has 3 N–H and O–H groups in total. The van der Waals surface area contributed by atoms with Crippen LogP contribution in [0, 0.1) is 0 Å². The van der Waals surface area contributed by atoms with Crippen molar-refractivity contribution in [3.63, 3.8) is 0 Å². The fourth-order valence-corrected chi connectivity index (χ4v) is 4.54. The zero-order chi connectivity index (χ0) is 33.3. The van der Waals surface area contributed by atoms with Gasteiger partial charge in [0.2, 0.25) is 0 Å². The van der Waals surface area contributed by atoms with Crippen molar-refractivity contribution in [3.8, 4) is 11.5 Å². The van der Waals surface area contributed by atoms with Gasteiger partial charge in [0, 0.05) is 20.3 Å². The number of methoxy groups -OCH3 is 2. The highest BCUT2D eigenvalue weighted by Crippen LogP contribution is 2.20. The van der Waals surface area contributed by atoms with E-state index in [9.17, 15) is 14.7 Å². The second-order valence-corrected chi connectivity index (χ2v) is 10.3. The normalized spacial score (nSPS) is 12.8. The van der Waals surface area contributed by atoms with E-state index in [1.165, 1.54) is 26.7 Å². The van der Waals surface area contributed by atoms with Gasteiger partial charge in [-0.3, -0.25) is 0 Å². The third kappa shape index (κ3) is 11.6. The van der Waals surface area contributed by atoms with E-state index in [1.807, 2.05) is 60.7 Å². The number of rotatable bonds is 19. The summed E-state index contributed by atoms with van der Waals surface area (Å²) in [4.78, 5) is 25.8. The number of nitrogens with zero attached hydrogens (tertiary/aromatic N) is 2. The van der Waals surface area contributed by atoms with Crippen LogP contribution in [0.1, 0.15) is 28.9 Å². The van der Waals surface area contributed by atoms with E-state index >= 15 is 0 Å². The fourth-order valence-electron chi connectivity index (χ4n) is 4.54. The van der Waals surface area contributed by atoms with E-state index in [2.05, 4.69) is 20.9 Å². The Morgan fingerprint density at radius 2 is 1.23 bits per heavy atom. The molecule has 0 radical (unpaired) electrons. The number of amides is 2. The largest absolute Gasteiger partial charge is 0.462 e. The van der Waals surface area contributed by atoms with Crippen molar-refractivity contribution in [1.29, 1.82) is 0 Å². The Morgan fingerprint density at radius 1 is 0.745 bits per heavy atom. The SMILES string of the molecule is COCOc1conc1COC(=O)N[C@@H](Cc1ccccc1)C[C@H](O)[C@H](Cc1ccccc1)NC(=O)OCc1nocc1OCOC. The molecule has 0 spiro atoms. The van der Waals surface area contributed by atoms with Crippen LogP contribution >= 0.6 is 0 Å². The van der Waals surface area contributed by atoms with Gasteiger partial charge in [0.05, 0.1) is 12.1 Å². The lowest BCUT2D eigenvalue weighted by atomic mass is 9.94. The van der Waals surface area contributed by atoms with E-state index in [0.29, 0.717) is 6.42 Å². The lowest BCUT2D eigenvalue weighted by molar-refractivity contribution is 0.0482. The molecule has 15 nitrogen and oxygen atoms in total. The molecule has 15 heteroatoms. The molecule has 3 atom stereocenters. The van der Waals surface area contributed by atoms with E-state index in [-0.39, 0.29) is 62.5 Å². The number of aliphatic hydroxyl groups excluding tert-OH is 1. The van der Waals surface area contributed by atoms with Crippen LogP contribution in [-0.4, -0.2) is 73.6 Å². The molecule has 4 rings (SSSR count). The maximum atomic E-state index is 12.9. The molecular formula is C32H38N4O11. The molecule has 2 heterocycles. The summed E-state index contributed by atoms with van der Waals surface area (Å²) in [6.07, 6.45) is 0.597. The van der Waals surface area contributed by atoms with Gasteiger partial charge >= 0.3 is 12.2 Å². The highest BCUT2D eigenvalue weighted by molar-refractivity contribution is 5.68. The van der Waals surface area contributed by atoms with Gasteiger partial charge in [0.1, 0.15) is 13.2 Å². The van der Waals surface area contributed by atoms with Crippen LogP contribution in [-0.2, 0) is 45.0 Å². The van der Waals surface area contributed by atoms with Crippen molar-refractivity contribution < 1.29 is 52.2 Å². The Kier molecular flexibility index (Phi) is 13.9. The fraction of sp³-hybridized carbons (Fsp3) is 0.375. The average molecular weight is 655 g/mol. The molecule has 0 aliphatic heterocycles.